The molecule has 2 aliphatic rings. The standard InChI is InChI=1S/C10H16O2S/c11-10(12)8-6-13-9(8)7-4-2-1-3-5-7/h7-9H,1-6H2,(H,11,12). The fraction of sp³-hybridized carbons (Fsp3) is 0.900. The van der Waals surface area contributed by atoms with Crippen molar-refractivity contribution in [3.05, 3.63) is 0 Å². The van der Waals surface area contributed by atoms with Crippen LogP contribution in [-0.2, 0) is 4.79 Å². The third kappa shape index (κ3) is 1.85. The van der Waals surface area contributed by atoms with Crippen LogP contribution in [0.15, 0.2) is 0 Å². The molecule has 1 saturated heterocycles. The highest BCUT2D eigenvalue weighted by Gasteiger charge is 2.42. The van der Waals surface area contributed by atoms with Crippen LogP contribution >= 0.6 is 11.8 Å². The van der Waals surface area contributed by atoms with E-state index in [-0.39, 0.29) is 5.92 Å². The fourth-order valence-electron chi connectivity index (χ4n) is 2.44. The van der Waals surface area contributed by atoms with Crippen molar-refractivity contribution in [1.29, 1.82) is 0 Å². The predicted octanol–water partition coefficient (Wildman–Crippen LogP) is 2.38. The van der Waals surface area contributed by atoms with Gasteiger partial charge in [0.1, 0.15) is 0 Å². The summed E-state index contributed by atoms with van der Waals surface area (Å²) >= 11 is 1.87. The first-order valence-corrected chi connectivity index (χ1v) is 6.18. The van der Waals surface area contributed by atoms with E-state index >= 15 is 0 Å². The van der Waals surface area contributed by atoms with Gasteiger partial charge in [0.25, 0.3) is 0 Å². The minimum absolute atomic E-state index is 0.0342. The molecular weight excluding hydrogens is 184 g/mol. The molecule has 0 aromatic rings. The van der Waals surface area contributed by atoms with Crippen LogP contribution in [0.4, 0.5) is 0 Å². The lowest BCUT2D eigenvalue weighted by molar-refractivity contribution is -0.141. The van der Waals surface area contributed by atoms with E-state index in [9.17, 15) is 4.79 Å². The third-order valence-electron chi connectivity index (χ3n) is 3.30. The van der Waals surface area contributed by atoms with Gasteiger partial charge in [-0.05, 0) is 18.8 Å². The Bertz CT molecular complexity index is 199. The van der Waals surface area contributed by atoms with Crippen LogP contribution in [0.3, 0.4) is 0 Å². The third-order valence-corrected chi connectivity index (χ3v) is 4.95. The molecule has 0 bridgehead atoms. The second-order valence-electron chi connectivity index (χ2n) is 4.14. The molecule has 1 aliphatic carbocycles. The molecule has 2 fully saturated rings. The Hall–Kier alpha value is -0.180. The van der Waals surface area contributed by atoms with E-state index < -0.39 is 5.97 Å². The summed E-state index contributed by atoms with van der Waals surface area (Å²) in [4.78, 5) is 10.8. The van der Waals surface area contributed by atoms with Gasteiger partial charge in [-0.25, -0.2) is 0 Å². The molecule has 2 atom stereocenters. The molecule has 0 spiro atoms. The highest BCUT2D eigenvalue weighted by molar-refractivity contribution is 8.01. The molecule has 1 N–H and O–H groups in total. The van der Waals surface area contributed by atoms with Crippen molar-refractivity contribution in [2.45, 2.75) is 37.4 Å². The monoisotopic (exact) mass is 200 g/mol. The fourth-order valence-corrected chi connectivity index (χ4v) is 3.85. The van der Waals surface area contributed by atoms with Crippen molar-refractivity contribution in [3.63, 3.8) is 0 Å². The van der Waals surface area contributed by atoms with Gasteiger partial charge in [0.15, 0.2) is 0 Å². The van der Waals surface area contributed by atoms with Crippen molar-refractivity contribution < 1.29 is 9.90 Å². The molecule has 2 unspecified atom stereocenters. The zero-order valence-corrected chi connectivity index (χ0v) is 8.55. The number of rotatable bonds is 2. The molecule has 0 radical (unpaired) electrons. The Morgan fingerprint density at radius 1 is 1.23 bits per heavy atom. The Kier molecular flexibility index (Phi) is 2.82. The summed E-state index contributed by atoms with van der Waals surface area (Å²) in [6, 6.07) is 0. The van der Waals surface area contributed by atoms with Crippen molar-refractivity contribution in [3.8, 4) is 0 Å². The molecule has 1 aliphatic heterocycles. The summed E-state index contributed by atoms with van der Waals surface area (Å²) < 4.78 is 0. The Balaban J connectivity index is 1.89. The van der Waals surface area contributed by atoms with Gasteiger partial charge in [-0.3, -0.25) is 4.79 Å². The molecule has 0 aromatic heterocycles. The van der Waals surface area contributed by atoms with Crippen LogP contribution in [-0.4, -0.2) is 22.1 Å². The van der Waals surface area contributed by atoms with E-state index in [2.05, 4.69) is 0 Å². The molecular formula is C10H16O2S. The SMILES string of the molecule is O=C(O)C1CSC1C1CCCCC1. The summed E-state index contributed by atoms with van der Waals surface area (Å²) in [5, 5.41) is 9.36. The van der Waals surface area contributed by atoms with Crippen LogP contribution < -0.4 is 0 Å². The van der Waals surface area contributed by atoms with E-state index in [1.54, 1.807) is 0 Å². The molecule has 1 heterocycles. The summed E-state index contributed by atoms with van der Waals surface area (Å²) in [7, 11) is 0. The minimum atomic E-state index is -0.575. The van der Waals surface area contributed by atoms with Crippen LogP contribution in [0, 0.1) is 11.8 Å². The van der Waals surface area contributed by atoms with Gasteiger partial charge in [-0.2, -0.15) is 11.8 Å². The van der Waals surface area contributed by atoms with E-state index in [4.69, 9.17) is 5.11 Å². The predicted molar refractivity (Wildman–Crippen MR) is 53.9 cm³/mol. The van der Waals surface area contributed by atoms with Crippen molar-refractivity contribution in [2.24, 2.45) is 11.8 Å². The largest absolute Gasteiger partial charge is 0.481 e. The Morgan fingerprint density at radius 3 is 2.38 bits per heavy atom. The maximum Gasteiger partial charge on any atom is 0.308 e. The van der Waals surface area contributed by atoms with Crippen LogP contribution in [0.2, 0.25) is 0 Å². The highest BCUT2D eigenvalue weighted by atomic mass is 32.2. The molecule has 74 valence electrons. The Labute approximate surface area is 83.1 Å². The van der Waals surface area contributed by atoms with E-state index in [0.29, 0.717) is 11.2 Å². The normalized spacial score (nSPS) is 35.4. The first kappa shape index (κ1) is 9.38. The van der Waals surface area contributed by atoms with E-state index in [0.717, 1.165) is 5.75 Å². The maximum absolute atomic E-state index is 10.8. The lowest BCUT2D eigenvalue weighted by Gasteiger charge is -2.40. The van der Waals surface area contributed by atoms with Crippen LogP contribution in [0.1, 0.15) is 32.1 Å². The summed E-state index contributed by atoms with van der Waals surface area (Å²) in [5.41, 5.74) is 0. The van der Waals surface area contributed by atoms with Gasteiger partial charge in [-0.15, -0.1) is 0 Å². The van der Waals surface area contributed by atoms with Gasteiger partial charge in [0.05, 0.1) is 5.92 Å². The molecule has 13 heavy (non-hydrogen) atoms. The first-order chi connectivity index (χ1) is 6.29. The first-order valence-electron chi connectivity index (χ1n) is 5.13. The number of carbonyl (C=O) groups is 1. The van der Waals surface area contributed by atoms with E-state index in [1.165, 1.54) is 32.1 Å². The summed E-state index contributed by atoms with van der Waals surface area (Å²) in [5.74, 6) is 0.937. The van der Waals surface area contributed by atoms with Gasteiger partial charge in [0.2, 0.25) is 0 Å². The number of thioether (sulfide) groups is 1. The van der Waals surface area contributed by atoms with E-state index in [1.807, 2.05) is 11.8 Å². The van der Waals surface area contributed by atoms with Crippen molar-refractivity contribution >= 4 is 17.7 Å². The Morgan fingerprint density at radius 2 is 1.92 bits per heavy atom. The molecule has 3 heteroatoms. The molecule has 0 aromatic carbocycles. The maximum atomic E-state index is 10.8. The minimum Gasteiger partial charge on any atom is -0.481 e. The molecule has 2 nitrogen and oxygen atoms in total. The molecule has 1 saturated carbocycles. The average Bonchev–Trinajstić information content (AvgIpc) is 2.02. The van der Waals surface area contributed by atoms with Crippen molar-refractivity contribution in [2.75, 3.05) is 5.75 Å². The summed E-state index contributed by atoms with van der Waals surface area (Å²) in [6.07, 6.45) is 6.51. The van der Waals surface area contributed by atoms with Gasteiger partial charge >= 0.3 is 5.97 Å². The number of carboxylic acids is 1. The zero-order valence-electron chi connectivity index (χ0n) is 7.74. The van der Waals surface area contributed by atoms with Gasteiger partial charge < -0.3 is 5.11 Å². The van der Waals surface area contributed by atoms with Crippen LogP contribution in [0.25, 0.3) is 0 Å². The number of aliphatic carboxylic acids is 1. The van der Waals surface area contributed by atoms with Crippen LogP contribution in [0.5, 0.6) is 0 Å². The number of hydrogen-bond acceptors (Lipinski definition) is 2. The zero-order chi connectivity index (χ0) is 9.26. The lowest BCUT2D eigenvalue weighted by atomic mass is 9.82. The lowest BCUT2D eigenvalue weighted by Crippen LogP contribution is -2.42. The number of hydrogen-bond donors (Lipinski definition) is 1. The second kappa shape index (κ2) is 3.91. The second-order valence-corrected chi connectivity index (χ2v) is 5.35. The summed E-state index contributed by atoms with van der Waals surface area (Å²) in [6.45, 7) is 0. The number of carboxylic acid groups (broad SMARTS) is 1. The molecule has 0 amide bonds. The average molecular weight is 200 g/mol. The molecule has 2 rings (SSSR count). The van der Waals surface area contributed by atoms with Gasteiger partial charge in [-0.1, -0.05) is 19.3 Å². The highest BCUT2D eigenvalue weighted by Crippen LogP contribution is 2.44. The van der Waals surface area contributed by atoms with Gasteiger partial charge in [0, 0.05) is 11.0 Å². The topological polar surface area (TPSA) is 37.3 Å². The van der Waals surface area contributed by atoms with Crippen molar-refractivity contribution in [1.82, 2.24) is 0 Å². The quantitative estimate of drug-likeness (QED) is 0.743. The smallest absolute Gasteiger partial charge is 0.308 e.